The Morgan fingerprint density at radius 2 is 1.76 bits per heavy atom. The van der Waals surface area contributed by atoms with Crippen LogP contribution in [0.25, 0.3) is 0 Å². The first-order valence-corrected chi connectivity index (χ1v) is 11.7. The molecule has 7 heteroatoms. The Balaban J connectivity index is 1.54. The van der Waals surface area contributed by atoms with Crippen LogP contribution in [-0.2, 0) is 6.54 Å². The minimum absolute atomic E-state index is 0.0220. The van der Waals surface area contributed by atoms with Gasteiger partial charge in [-0.2, -0.15) is 0 Å². The molecule has 1 aliphatic heterocycles. The number of ether oxygens (including phenoxy) is 2. The van der Waals surface area contributed by atoms with Gasteiger partial charge in [0.2, 0.25) is 0 Å². The molecule has 3 aromatic carbocycles. The van der Waals surface area contributed by atoms with Crippen molar-refractivity contribution in [2.75, 3.05) is 32.2 Å². The number of hydrogen-bond acceptors (Lipinski definition) is 5. The van der Waals surface area contributed by atoms with Crippen molar-refractivity contribution in [2.24, 2.45) is 0 Å². The van der Waals surface area contributed by atoms with Crippen molar-refractivity contribution in [1.29, 1.82) is 0 Å². The van der Waals surface area contributed by atoms with E-state index in [1.807, 2.05) is 41.3 Å². The van der Waals surface area contributed by atoms with Crippen molar-refractivity contribution in [3.8, 4) is 17.2 Å². The van der Waals surface area contributed by atoms with E-state index in [0.29, 0.717) is 28.6 Å². The van der Waals surface area contributed by atoms with Crippen LogP contribution >= 0.6 is 11.6 Å². The maximum absolute atomic E-state index is 13.7. The molecule has 1 saturated heterocycles. The van der Waals surface area contributed by atoms with Crippen LogP contribution in [0.15, 0.2) is 66.7 Å². The van der Waals surface area contributed by atoms with Gasteiger partial charge >= 0.3 is 0 Å². The Kier molecular flexibility index (Phi) is 7.60. The number of phenolic OH excluding ortho intramolecular Hbond substituents is 1. The summed E-state index contributed by atoms with van der Waals surface area (Å²) in [4.78, 5) is 17.8. The highest BCUT2D eigenvalue weighted by Crippen LogP contribution is 2.32. The van der Waals surface area contributed by atoms with Crippen molar-refractivity contribution in [3.63, 3.8) is 0 Å². The molecule has 6 nitrogen and oxygen atoms in total. The number of phenols is 1. The van der Waals surface area contributed by atoms with Gasteiger partial charge in [-0.1, -0.05) is 35.9 Å². The molecular formula is C27H29ClN2O4. The minimum atomic E-state index is -0.0837. The number of para-hydroxylation sites is 1. The Hall–Kier alpha value is -3.22. The molecule has 0 saturated carbocycles. The third kappa shape index (κ3) is 5.29. The average molecular weight is 481 g/mol. The molecule has 1 fully saturated rings. The highest BCUT2D eigenvalue weighted by Gasteiger charge is 2.30. The van der Waals surface area contributed by atoms with Gasteiger partial charge < -0.3 is 19.5 Å². The van der Waals surface area contributed by atoms with Gasteiger partial charge in [0.25, 0.3) is 5.91 Å². The summed E-state index contributed by atoms with van der Waals surface area (Å²) < 4.78 is 10.6. The lowest BCUT2D eigenvalue weighted by molar-refractivity contribution is 0.0958. The summed E-state index contributed by atoms with van der Waals surface area (Å²) >= 11 is 6.18. The number of rotatable bonds is 7. The topological polar surface area (TPSA) is 62.2 Å². The van der Waals surface area contributed by atoms with Crippen LogP contribution in [0, 0.1) is 0 Å². The number of anilines is 1. The van der Waals surface area contributed by atoms with Gasteiger partial charge in [0.15, 0.2) is 11.5 Å². The molecule has 0 unspecified atom stereocenters. The van der Waals surface area contributed by atoms with Gasteiger partial charge in [-0.15, -0.1) is 0 Å². The Labute approximate surface area is 205 Å². The Morgan fingerprint density at radius 1 is 1.03 bits per heavy atom. The zero-order chi connectivity index (χ0) is 24.1. The van der Waals surface area contributed by atoms with Crippen LogP contribution in [0.5, 0.6) is 17.2 Å². The van der Waals surface area contributed by atoms with E-state index >= 15 is 0 Å². The monoisotopic (exact) mass is 480 g/mol. The molecule has 0 atom stereocenters. The van der Waals surface area contributed by atoms with E-state index in [1.165, 1.54) is 0 Å². The quantitative estimate of drug-likeness (QED) is 0.492. The van der Waals surface area contributed by atoms with Crippen LogP contribution in [0.1, 0.15) is 28.8 Å². The number of halogens is 1. The summed E-state index contributed by atoms with van der Waals surface area (Å²) in [5, 5.41) is 11.0. The molecule has 0 aromatic heterocycles. The van der Waals surface area contributed by atoms with Crippen LogP contribution in [-0.4, -0.2) is 49.3 Å². The molecule has 0 radical (unpaired) electrons. The summed E-state index contributed by atoms with van der Waals surface area (Å²) in [6, 6.07) is 20.2. The lowest BCUT2D eigenvalue weighted by atomic mass is 10.00. The second-order valence-corrected chi connectivity index (χ2v) is 8.80. The second-order valence-electron chi connectivity index (χ2n) is 8.36. The first-order chi connectivity index (χ1) is 16.5. The maximum atomic E-state index is 13.7. The van der Waals surface area contributed by atoms with Crippen molar-refractivity contribution in [2.45, 2.75) is 25.4 Å². The van der Waals surface area contributed by atoms with Gasteiger partial charge in [-0.05, 0) is 49.2 Å². The Morgan fingerprint density at radius 3 is 2.47 bits per heavy atom. The van der Waals surface area contributed by atoms with E-state index in [9.17, 15) is 9.90 Å². The van der Waals surface area contributed by atoms with E-state index in [1.54, 1.807) is 44.6 Å². The molecule has 178 valence electrons. The standard InChI is InChI=1S/C27H29ClN2O4/c1-33-24-10-5-9-23(17-24)30(27(32)19-6-3-8-21(28)16-19)22-12-14-29(15-13-22)18-20-7-4-11-25(34-2)26(20)31/h3-11,16-17,22,31H,12-15,18H2,1-2H3. The highest BCUT2D eigenvalue weighted by molar-refractivity contribution is 6.31. The molecule has 1 amide bonds. The second kappa shape index (κ2) is 10.8. The molecule has 1 heterocycles. The molecule has 3 aromatic rings. The summed E-state index contributed by atoms with van der Waals surface area (Å²) in [5.41, 5.74) is 2.18. The number of aromatic hydroxyl groups is 1. The number of benzene rings is 3. The van der Waals surface area contributed by atoms with Crippen LogP contribution in [0.4, 0.5) is 5.69 Å². The van der Waals surface area contributed by atoms with Crippen LogP contribution < -0.4 is 14.4 Å². The normalized spacial score (nSPS) is 14.6. The lowest BCUT2D eigenvalue weighted by Crippen LogP contribution is -2.47. The SMILES string of the molecule is COc1cccc(N(C(=O)c2cccc(Cl)c2)C2CCN(Cc3cccc(OC)c3O)CC2)c1. The number of carbonyl (C=O) groups is 1. The largest absolute Gasteiger partial charge is 0.504 e. The van der Waals surface area contributed by atoms with E-state index in [4.69, 9.17) is 21.1 Å². The van der Waals surface area contributed by atoms with Gasteiger partial charge in [0.05, 0.1) is 14.2 Å². The highest BCUT2D eigenvalue weighted by atomic mass is 35.5. The Bertz CT molecular complexity index is 1140. The third-order valence-corrected chi connectivity index (χ3v) is 6.48. The molecule has 34 heavy (non-hydrogen) atoms. The number of carbonyl (C=O) groups excluding carboxylic acids is 1. The number of methoxy groups -OCH3 is 2. The first kappa shape index (κ1) is 23.9. The molecule has 1 aliphatic rings. The molecule has 4 rings (SSSR count). The summed E-state index contributed by atoms with van der Waals surface area (Å²) in [7, 11) is 3.17. The summed E-state index contributed by atoms with van der Waals surface area (Å²) in [6.07, 6.45) is 1.60. The number of likely N-dealkylation sites (tertiary alicyclic amines) is 1. The van der Waals surface area contributed by atoms with E-state index in [0.717, 1.165) is 37.2 Å². The van der Waals surface area contributed by atoms with Crippen LogP contribution in [0.2, 0.25) is 5.02 Å². The molecular weight excluding hydrogens is 452 g/mol. The molecule has 0 aliphatic carbocycles. The smallest absolute Gasteiger partial charge is 0.258 e. The van der Waals surface area contributed by atoms with E-state index in [-0.39, 0.29) is 17.7 Å². The third-order valence-electron chi connectivity index (χ3n) is 6.24. The van der Waals surface area contributed by atoms with E-state index in [2.05, 4.69) is 4.90 Å². The van der Waals surface area contributed by atoms with E-state index < -0.39 is 0 Å². The average Bonchev–Trinajstić information content (AvgIpc) is 2.86. The predicted molar refractivity (Wildman–Crippen MR) is 134 cm³/mol. The number of amides is 1. The van der Waals surface area contributed by atoms with Crippen molar-refractivity contribution < 1.29 is 19.4 Å². The lowest BCUT2D eigenvalue weighted by Gasteiger charge is -2.39. The fourth-order valence-electron chi connectivity index (χ4n) is 4.45. The van der Waals surface area contributed by atoms with Gasteiger partial charge in [-0.25, -0.2) is 0 Å². The zero-order valence-corrected chi connectivity index (χ0v) is 20.2. The number of piperidine rings is 1. The summed E-state index contributed by atoms with van der Waals surface area (Å²) in [6.45, 7) is 2.21. The molecule has 0 bridgehead atoms. The maximum Gasteiger partial charge on any atom is 0.258 e. The van der Waals surface area contributed by atoms with Gasteiger partial charge in [0, 0.05) is 53.6 Å². The van der Waals surface area contributed by atoms with Crippen LogP contribution in [0.3, 0.4) is 0 Å². The van der Waals surface area contributed by atoms with Gasteiger partial charge in [0.1, 0.15) is 5.75 Å². The minimum Gasteiger partial charge on any atom is -0.504 e. The number of hydrogen-bond donors (Lipinski definition) is 1. The summed E-state index contributed by atoms with van der Waals surface area (Å²) in [5.74, 6) is 1.27. The van der Waals surface area contributed by atoms with Gasteiger partial charge in [-0.3, -0.25) is 9.69 Å². The molecule has 1 N–H and O–H groups in total. The zero-order valence-electron chi connectivity index (χ0n) is 19.4. The number of nitrogens with zero attached hydrogens (tertiary/aromatic N) is 2. The fourth-order valence-corrected chi connectivity index (χ4v) is 4.64. The molecule has 0 spiro atoms. The van der Waals surface area contributed by atoms with Crippen molar-refractivity contribution in [1.82, 2.24) is 4.90 Å². The fraction of sp³-hybridized carbons (Fsp3) is 0.296. The predicted octanol–water partition coefficient (Wildman–Crippen LogP) is 5.37. The van der Waals surface area contributed by atoms with Crippen molar-refractivity contribution >= 4 is 23.2 Å². The van der Waals surface area contributed by atoms with Crippen molar-refractivity contribution in [3.05, 3.63) is 82.9 Å². The first-order valence-electron chi connectivity index (χ1n) is 11.3.